The Hall–Kier alpha value is -1.18. The highest BCUT2D eigenvalue weighted by molar-refractivity contribution is 5.87. The van der Waals surface area contributed by atoms with Crippen LogP contribution in [0.15, 0.2) is 18.2 Å². The second-order valence-corrected chi connectivity index (χ2v) is 7.10. The largest absolute Gasteiger partial charge is 0.299 e. The highest BCUT2D eigenvalue weighted by Crippen LogP contribution is 2.29. The lowest BCUT2D eigenvalue weighted by Crippen LogP contribution is -2.29. The van der Waals surface area contributed by atoms with Gasteiger partial charge in [0, 0.05) is 0 Å². The van der Waals surface area contributed by atoms with Crippen LogP contribution in [0.25, 0.3) is 0 Å². The van der Waals surface area contributed by atoms with Crippen LogP contribution in [0.5, 0.6) is 0 Å². The standard InChI is InChI=1S/C13H17FO.C8H18/c1-5-13(4,10(3)15)11-6-7-12(14)9(2)8-11;1-4-5-6-7-8(2)3/h6-8H,5H2,1-4H3;8H,4-7H2,1-3H3. The number of rotatable bonds is 7. The first kappa shape index (κ1) is 21.8. The molecule has 0 fully saturated rings. The highest BCUT2D eigenvalue weighted by atomic mass is 19.1. The van der Waals surface area contributed by atoms with E-state index in [0.29, 0.717) is 5.56 Å². The summed E-state index contributed by atoms with van der Waals surface area (Å²) in [6.45, 7) is 14.0. The number of hydrogen-bond donors (Lipinski definition) is 0. The fourth-order valence-corrected chi connectivity index (χ4v) is 2.45. The van der Waals surface area contributed by atoms with Crippen LogP contribution in [0.1, 0.15) is 84.8 Å². The van der Waals surface area contributed by atoms with E-state index in [1.54, 1.807) is 26.0 Å². The summed E-state index contributed by atoms with van der Waals surface area (Å²) in [6, 6.07) is 4.90. The number of ketones is 1. The van der Waals surface area contributed by atoms with E-state index in [0.717, 1.165) is 17.9 Å². The van der Waals surface area contributed by atoms with E-state index in [-0.39, 0.29) is 11.6 Å². The molecule has 1 nitrogen and oxygen atoms in total. The van der Waals surface area contributed by atoms with Crippen molar-refractivity contribution in [3.63, 3.8) is 0 Å². The topological polar surface area (TPSA) is 17.1 Å². The Kier molecular flexibility index (Phi) is 10.0. The third-order valence-corrected chi connectivity index (χ3v) is 4.66. The van der Waals surface area contributed by atoms with Gasteiger partial charge in [-0.1, -0.05) is 65.5 Å². The summed E-state index contributed by atoms with van der Waals surface area (Å²) in [7, 11) is 0. The molecule has 132 valence electrons. The monoisotopic (exact) mass is 322 g/mol. The predicted molar refractivity (Wildman–Crippen MR) is 98.4 cm³/mol. The van der Waals surface area contributed by atoms with E-state index in [1.807, 2.05) is 13.8 Å². The Morgan fingerprint density at radius 2 is 1.83 bits per heavy atom. The minimum atomic E-state index is -0.488. The third kappa shape index (κ3) is 7.28. The van der Waals surface area contributed by atoms with Crippen molar-refractivity contribution in [2.24, 2.45) is 5.92 Å². The van der Waals surface area contributed by atoms with Gasteiger partial charge in [0.1, 0.15) is 11.6 Å². The molecule has 0 amide bonds. The minimum Gasteiger partial charge on any atom is -0.299 e. The first-order valence-electron chi connectivity index (χ1n) is 8.96. The van der Waals surface area contributed by atoms with E-state index in [2.05, 4.69) is 20.8 Å². The summed E-state index contributed by atoms with van der Waals surface area (Å²) in [5, 5.41) is 0. The molecule has 1 rings (SSSR count). The normalized spacial score (nSPS) is 13.3. The summed E-state index contributed by atoms with van der Waals surface area (Å²) < 4.78 is 13.1. The molecule has 1 atom stereocenters. The van der Waals surface area contributed by atoms with Crippen molar-refractivity contribution in [3.8, 4) is 0 Å². The van der Waals surface area contributed by atoms with Gasteiger partial charge >= 0.3 is 0 Å². The predicted octanol–water partition coefficient (Wildman–Crippen LogP) is 6.61. The maximum atomic E-state index is 13.1. The second-order valence-electron chi connectivity index (χ2n) is 7.10. The molecule has 23 heavy (non-hydrogen) atoms. The van der Waals surface area contributed by atoms with Gasteiger partial charge in [-0.2, -0.15) is 0 Å². The van der Waals surface area contributed by atoms with Crippen LogP contribution in [0.3, 0.4) is 0 Å². The molecular weight excluding hydrogens is 287 g/mol. The number of Topliss-reactive ketones (excluding diaryl/α,β-unsaturated/α-hetero) is 1. The van der Waals surface area contributed by atoms with Crippen LogP contribution in [0.4, 0.5) is 4.39 Å². The van der Waals surface area contributed by atoms with Gasteiger partial charge in [-0.15, -0.1) is 0 Å². The molecule has 0 aliphatic rings. The summed E-state index contributed by atoms with van der Waals surface area (Å²) in [5.74, 6) is 0.804. The first-order valence-corrected chi connectivity index (χ1v) is 8.96. The number of carbonyl (C=O) groups is 1. The molecule has 0 saturated heterocycles. The van der Waals surface area contributed by atoms with Crippen molar-refractivity contribution in [2.45, 2.75) is 86.0 Å². The van der Waals surface area contributed by atoms with Crippen molar-refractivity contribution >= 4 is 5.78 Å². The van der Waals surface area contributed by atoms with E-state index in [1.165, 1.54) is 31.7 Å². The van der Waals surface area contributed by atoms with Gasteiger partial charge in [-0.3, -0.25) is 4.79 Å². The zero-order valence-electron chi connectivity index (χ0n) is 16.1. The van der Waals surface area contributed by atoms with Crippen LogP contribution >= 0.6 is 0 Å². The van der Waals surface area contributed by atoms with Gasteiger partial charge in [-0.25, -0.2) is 4.39 Å². The second kappa shape index (κ2) is 10.6. The van der Waals surface area contributed by atoms with Gasteiger partial charge in [-0.05, 0) is 50.3 Å². The van der Waals surface area contributed by atoms with Crippen LogP contribution in [-0.2, 0) is 10.2 Å². The molecule has 2 heteroatoms. The van der Waals surface area contributed by atoms with Crippen molar-refractivity contribution < 1.29 is 9.18 Å². The fraction of sp³-hybridized carbons (Fsp3) is 0.667. The van der Waals surface area contributed by atoms with Gasteiger partial charge in [0.2, 0.25) is 0 Å². The Balaban J connectivity index is 0.000000515. The lowest BCUT2D eigenvalue weighted by atomic mass is 9.76. The smallest absolute Gasteiger partial charge is 0.140 e. The Bertz CT molecular complexity index is 479. The Morgan fingerprint density at radius 1 is 1.22 bits per heavy atom. The Labute approximate surface area is 142 Å². The van der Waals surface area contributed by atoms with E-state index < -0.39 is 5.41 Å². The number of unbranched alkanes of at least 4 members (excludes halogenated alkanes) is 2. The molecule has 0 heterocycles. The summed E-state index contributed by atoms with van der Waals surface area (Å²) in [5.41, 5.74) is 1.00. The molecule has 0 bridgehead atoms. The van der Waals surface area contributed by atoms with Crippen LogP contribution in [0.2, 0.25) is 0 Å². The van der Waals surface area contributed by atoms with Crippen molar-refractivity contribution in [3.05, 3.63) is 35.1 Å². The molecule has 0 saturated carbocycles. The Morgan fingerprint density at radius 3 is 2.22 bits per heavy atom. The fourth-order valence-electron chi connectivity index (χ4n) is 2.45. The number of carbonyl (C=O) groups excluding carboxylic acids is 1. The summed E-state index contributed by atoms with van der Waals surface area (Å²) in [6.07, 6.45) is 6.33. The van der Waals surface area contributed by atoms with Crippen LogP contribution in [-0.4, -0.2) is 5.78 Å². The van der Waals surface area contributed by atoms with Crippen LogP contribution in [0, 0.1) is 18.7 Å². The summed E-state index contributed by atoms with van der Waals surface area (Å²) in [4.78, 5) is 11.6. The number of halogens is 1. The van der Waals surface area contributed by atoms with Gasteiger partial charge in [0.05, 0.1) is 5.41 Å². The van der Waals surface area contributed by atoms with E-state index in [4.69, 9.17) is 0 Å². The van der Waals surface area contributed by atoms with Crippen molar-refractivity contribution in [1.29, 1.82) is 0 Å². The lowest BCUT2D eigenvalue weighted by Gasteiger charge is -2.26. The molecule has 1 unspecified atom stereocenters. The maximum absolute atomic E-state index is 13.1. The average molecular weight is 323 g/mol. The van der Waals surface area contributed by atoms with Crippen LogP contribution < -0.4 is 0 Å². The molecule has 0 N–H and O–H groups in total. The molecule has 1 aromatic rings. The highest BCUT2D eigenvalue weighted by Gasteiger charge is 2.30. The zero-order valence-corrected chi connectivity index (χ0v) is 16.1. The van der Waals surface area contributed by atoms with E-state index >= 15 is 0 Å². The van der Waals surface area contributed by atoms with Gasteiger partial charge in [0.25, 0.3) is 0 Å². The number of hydrogen-bond acceptors (Lipinski definition) is 1. The van der Waals surface area contributed by atoms with Gasteiger partial charge < -0.3 is 0 Å². The summed E-state index contributed by atoms with van der Waals surface area (Å²) >= 11 is 0. The van der Waals surface area contributed by atoms with Gasteiger partial charge in [0.15, 0.2) is 0 Å². The molecular formula is C21H35FO. The minimum absolute atomic E-state index is 0.121. The zero-order chi connectivity index (χ0) is 18.0. The van der Waals surface area contributed by atoms with Crippen molar-refractivity contribution in [1.82, 2.24) is 0 Å². The number of benzene rings is 1. The molecule has 0 aliphatic heterocycles. The molecule has 0 aliphatic carbocycles. The average Bonchev–Trinajstić information content (AvgIpc) is 2.49. The molecule has 0 spiro atoms. The first-order chi connectivity index (χ1) is 10.7. The maximum Gasteiger partial charge on any atom is 0.140 e. The van der Waals surface area contributed by atoms with Crippen molar-refractivity contribution in [2.75, 3.05) is 0 Å². The number of aryl methyl sites for hydroxylation is 1. The SMILES string of the molecule is CCC(C)(C(C)=O)c1ccc(F)c(C)c1.CCCCCC(C)C. The quantitative estimate of drug-likeness (QED) is 0.516. The molecule has 0 aromatic heterocycles. The lowest BCUT2D eigenvalue weighted by molar-refractivity contribution is -0.122. The van der Waals surface area contributed by atoms with E-state index in [9.17, 15) is 9.18 Å². The molecule has 0 radical (unpaired) electrons. The molecule has 1 aromatic carbocycles. The third-order valence-electron chi connectivity index (χ3n) is 4.66.